The van der Waals surface area contributed by atoms with E-state index in [1.54, 1.807) is 0 Å². The van der Waals surface area contributed by atoms with Gasteiger partial charge in [-0.25, -0.2) is 0 Å². The average Bonchev–Trinajstić information content (AvgIpc) is 1.74. The summed E-state index contributed by atoms with van der Waals surface area (Å²) in [5, 5.41) is 4.86. The van der Waals surface area contributed by atoms with Gasteiger partial charge in [0.1, 0.15) is 0 Å². The highest BCUT2D eigenvalue weighted by Crippen LogP contribution is 2.60. The molecular formula is C82H54N2. The van der Waals surface area contributed by atoms with Crippen LogP contribution in [0.5, 0.6) is 0 Å². The van der Waals surface area contributed by atoms with Gasteiger partial charge in [-0.05, 0) is 208 Å². The monoisotopic (exact) mass is 1070 g/mol. The van der Waals surface area contributed by atoms with Crippen LogP contribution >= 0.6 is 0 Å². The summed E-state index contributed by atoms with van der Waals surface area (Å²) in [4.78, 5) is 4.88. The van der Waals surface area contributed by atoms with Crippen molar-refractivity contribution in [3.8, 4) is 44.5 Å². The fourth-order valence-electron chi connectivity index (χ4n) is 14.9. The minimum atomic E-state index is -0.510. The van der Waals surface area contributed by atoms with Crippen LogP contribution in [0.3, 0.4) is 0 Å². The van der Waals surface area contributed by atoms with Crippen molar-refractivity contribution < 1.29 is 0 Å². The number of nitrogens with zero attached hydrogens (tertiary/aromatic N) is 2. The summed E-state index contributed by atoms with van der Waals surface area (Å²) in [5.74, 6) is 0. The van der Waals surface area contributed by atoms with Gasteiger partial charge >= 0.3 is 0 Å². The van der Waals surface area contributed by atoms with Gasteiger partial charge in [-0.15, -0.1) is 0 Å². The first-order valence-corrected chi connectivity index (χ1v) is 29.2. The van der Waals surface area contributed by atoms with Gasteiger partial charge in [-0.2, -0.15) is 0 Å². The zero-order valence-corrected chi connectivity index (χ0v) is 46.1. The van der Waals surface area contributed by atoms with Crippen LogP contribution in [0.4, 0.5) is 34.1 Å². The van der Waals surface area contributed by atoms with Gasteiger partial charge in [0.15, 0.2) is 0 Å². The molecule has 0 aliphatic heterocycles. The minimum Gasteiger partial charge on any atom is -0.310 e. The third-order valence-corrected chi connectivity index (χ3v) is 18.4. The molecule has 84 heavy (non-hydrogen) atoms. The van der Waals surface area contributed by atoms with Crippen molar-refractivity contribution in [2.45, 2.75) is 10.8 Å². The lowest BCUT2D eigenvalue weighted by atomic mass is 9.67. The second kappa shape index (κ2) is 18.9. The van der Waals surface area contributed by atoms with Crippen LogP contribution in [-0.2, 0) is 10.8 Å². The second-order valence-corrected chi connectivity index (χ2v) is 22.7. The lowest BCUT2D eigenvalue weighted by Gasteiger charge is -2.35. The van der Waals surface area contributed by atoms with E-state index in [-0.39, 0.29) is 0 Å². The summed E-state index contributed by atoms with van der Waals surface area (Å²) in [5.41, 5.74) is 26.1. The number of anilines is 6. The van der Waals surface area contributed by atoms with Crippen molar-refractivity contribution in [1.82, 2.24) is 0 Å². The highest BCUT2D eigenvalue weighted by molar-refractivity contribution is 6.13. The van der Waals surface area contributed by atoms with Crippen molar-refractivity contribution in [2.24, 2.45) is 0 Å². The summed E-state index contributed by atoms with van der Waals surface area (Å²) < 4.78 is 0. The largest absolute Gasteiger partial charge is 0.310 e. The summed E-state index contributed by atoms with van der Waals surface area (Å²) >= 11 is 0. The van der Waals surface area contributed by atoms with Crippen LogP contribution < -0.4 is 9.80 Å². The molecule has 0 bridgehead atoms. The third kappa shape index (κ3) is 7.04. The van der Waals surface area contributed by atoms with Crippen LogP contribution in [0, 0.1) is 0 Å². The Morgan fingerprint density at radius 1 is 0.167 bits per heavy atom. The molecule has 0 unspecified atom stereocenters. The molecule has 3 aliphatic carbocycles. The predicted molar refractivity (Wildman–Crippen MR) is 350 cm³/mol. The normalized spacial score (nSPS) is 13.4. The summed E-state index contributed by atoms with van der Waals surface area (Å²) in [6, 6.07) is 122. The van der Waals surface area contributed by atoms with Gasteiger partial charge in [0.05, 0.1) is 10.8 Å². The van der Waals surface area contributed by atoms with Crippen LogP contribution in [0.2, 0.25) is 0 Å². The van der Waals surface area contributed by atoms with E-state index in [2.05, 4.69) is 337 Å². The number of hydrogen-bond donors (Lipinski definition) is 0. The quantitative estimate of drug-likeness (QED) is 0.135. The maximum absolute atomic E-state index is 2.46. The molecule has 17 rings (SSSR count). The second-order valence-electron chi connectivity index (χ2n) is 22.7. The van der Waals surface area contributed by atoms with E-state index in [4.69, 9.17) is 0 Å². The van der Waals surface area contributed by atoms with Gasteiger partial charge in [-0.3, -0.25) is 0 Å². The third-order valence-electron chi connectivity index (χ3n) is 18.4. The van der Waals surface area contributed by atoms with E-state index in [1.165, 1.54) is 111 Å². The Morgan fingerprint density at radius 2 is 0.440 bits per heavy atom. The molecule has 2 heteroatoms. The zero-order chi connectivity index (χ0) is 55.3. The molecule has 0 saturated carbocycles. The fourth-order valence-corrected chi connectivity index (χ4v) is 14.9. The molecule has 0 atom stereocenters. The molecule has 14 aromatic carbocycles. The van der Waals surface area contributed by atoms with Crippen molar-refractivity contribution in [2.75, 3.05) is 9.80 Å². The topological polar surface area (TPSA) is 6.48 Å². The number of para-hydroxylation sites is 2. The van der Waals surface area contributed by atoms with E-state index >= 15 is 0 Å². The van der Waals surface area contributed by atoms with Crippen LogP contribution in [0.25, 0.3) is 66.1 Å². The SMILES string of the molecule is c1ccc(N(c2ccc3c(c2)C(c2ccccc2)(c2ccccc2)c2ccccc2-3)c2ccc3cc4c(cc3c2)-c2cc3cc(N(c5ccccc5)c5ccc6c(c5)C(c5ccccc5)(c5ccccc5)c5ccccc5-6)ccc3cc2-4)cc1. The molecule has 2 nitrogen and oxygen atoms in total. The Labute approximate surface area is 490 Å². The van der Waals surface area contributed by atoms with Crippen molar-refractivity contribution >= 4 is 55.7 Å². The molecule has 0 radical (unpaired) electrons. The van der Waals surface area contributed by atoms with E-state index in [0.29, 0.717) is 0 Å². The van der Waals surface area contributed by atoms with Crippen LogP contribution in [0.15, 0.2) is 328 Å². The molecule has 392 valence electrons. The number of benzene rings is 14. The van der Waals surface area contributed by atoms with Crippen LogP contribution in [0.1, 0.15) is 44.5 Å². The standard InChI is InChI=1S/C82H54N2/c1-7-23-59(24-8-1)81(60-25-9-2-10-26-60)77-37-21-19-35-69(77)71-45-43-67(53-79(71)81)83(63-31-15-5-16-32-63)65-41-39-55-49-73-74-50-56-40-42-66(48-58(56)52-76(74)75(73)51-57(55)47-65)84(64-33-17-6-18-34-64)68-44-46-72-70-36-20-22-38-78(70)82(80(72)54-68,61-27-11-3-12-28-61)62-29-13-4-14-30-62/h1-54H. The van der Waals surface area contributed by atoms with Crippen molar-refractivity contribution in [3.05, 3.63) is 372 Å². The first-order chi connectivity index (χ1) is 41.6. The van der Waals surface area contributed by atoms with Crippen molar-refractivity contribution in [1.29, 1.82) is 0 Å². The molecular weight excluding hydrogens is 1010 g/mol. The number of hydrogen-bond acceptors (Lipinski definition) is 2. The fraction of sp³-hybridized carbons (Fsp3) is 0.0244. The van der Waals surface area contributed by atoms with Gasteiger partial charge in [0.25, 0.3) is 0 Å². The average molecular weight is 1070 g/mol. The Balaban J connectivity index is 0.776. The van der Waals surface area contributed by atoms with Gasteiger partial charge in [0, 0.05) is 34.1 Å². The zero-order valence-electron chi connectivity index (χ0n) is 46.1. The molecule has 0 aromatic heterocycles. The maximum Gasteiger partial charge on any atom is 0.0714 e. The van der Waals surface area contributed by atoms with Gasteiger partial charge in [-0.1, -0.05) is 231 Å². The van der Waals surface area contributed by atoms with E-state index < -0.39 is 10.8 Å². The number of fused-ring (bicyclic) bond motifs is 12. The Morgan fingerprint density at radius 3 is 0.798 bits per heavy atom. The van der Waals surface area contributed by atoms with E-state index in [9.17, 15) is 0 Å². The van der Waals surface area contributed by atoms with Crippen molar-refractivity contribution in [3.63, 3.8) is 0 Å². The molecule has 0 fully saturated rings. The Hall–Kier alpha value is -10.8. The molecule has 0 spiro atoms. The van der Waals surface area contributed by atoms with Gasteiger partial charge in [0.2, 0.25) is 0 Å². The molecule has 3 aliphatic rings. The summed E-state index contributed by atoms with van der Waals surface area (Å²) in [6.07, 6.45) is 0. The van der Waals surface area contributed by atoms with Crippen LogP contribution in [-0.4, -0.2) is 0 Å². The first kappa shape index (κ1) is 48.0. The lowest BCUT2D eigenvalue weighted by molar-refractivity contribution is 0.768. The highest BCUT2D eigenvalue weighted by atomic mass is 15.1. The van der Waals surface area contributed by atoms with Gasteiger partial charge < -0.3 is 9.80 Å². The minimum absolute atomic E-state index is 0.510. The molecule has 14 aromatic rings. The molecule has 0 saturated heterocycles. The first-order valence-electron chi connectivity index (χ1n) is 29.2. The highest BCUT2D eigenvalue weighted by Gasteiger charge is 2.48. The summed E-state index contributed by atoms with van der Waals surface area (Å²) in [7, 11) is 0. The van der Waals surface area contributed by atoms with E-state index in [1.807, 2.05) is 0 Å². The predicted octanol–water partition coefficient (Wildman–Crippen LogP) is 21.3. The van der Waals surface area contributed by atoms with E-state index in [0.717, 1.165) is 34.1 Å². The molecule has 0 N–H and O–H groups in total. The maximum atomic E-state index is 2.46. The summed E-state index contributed by atoms with van der Waals surface area (Å²) in [6.45, 7) is 0. The lowest BCUT2D eigenvalue weighted by Crippen LogP contribution is -2.28. The Kier molecular flexibility index (Phi) is 10.8. The number of rotatable bonds is 10. The smallest absolute Gasteiger partial charge is 0.0714 e. The Bertz CT molecular complexity index is 4490. The molecule has 0 amide bonds. The molecule has 0 heterocycles.